The van der Waals surface area contributed by atoms with Gasteiger partial charge in [0.15, 0.2) is 6.23 Å². The summed E-state index contributed by atoms with van der Waals surface area (Å²) in [5, 5.41) is 9.50. The first kappa shape index (κ1) is 12.4. The number of fused-ring (bicyclic) bond motifs is 4. The van der Waals surface area contributed by atoms with E-state index in [2.05, 4.69) is 0 Å². The summed E-state index contributed by atoms with van der Waals surface area (Å²) in [5.41, 5.74) is 0.740. The minimum atomic E-state index is -0.997. The Morgan fingerprint density at radius 2 is 2.18 bits per heavy atom. The van der Waals surface area contributed by atoms with Crippen molar-refractivity contribution in [1.29, 1.82) is 0 Å². The van der Waals surface area contributed by atoms with Crippen LogP contribution in [-0.4, -0.2) is 34.9 Å². The first-order chi connectivity index (χ1) is 10.6. The molecule has 0 unspecified atom stereocenters. The van der Waals surface area contributed by atoms with Gasteiger partial charge in [0, 0.05) is 5.56 Å². The van der Waals surface area contributed by atoms with Gasteiger partial charge in [0.2, 0.25) is 5.91 Å². The SMILES string of the molecule is O=C(O)[C@@H]1[C@H]2C(=O)N3c4ccccc4CO[C@H]3[C@]23C=C[C@H]1O3. The van der Waals surface area contributed by atoms with Gasteiger partial charge in [0.05, 0.1) is 24.3 Å². The van der Waals surface area contributed by atoms with Gasteiger partial charge in [-0.05, 0) is 12.1 Å². The Morgan fingerprint density at radius 3 is 3.00 bits per heavy atom. The summed E-state index contributed by atoms with van der Waals surface area (Å²) in [6.07, 6.45) is 2.42. The third-order valence-electron chi connectivity index (χ3n) is 5.14. The van der Waals surface area contributed by atoms with Crippen molar-refractivity contribution in [3.63, 3.8) is 0 Å². The van der Waals surface area contributed by atoms with Crippen molar-refractivity contribution < 1.29 is 24.2 Å². The Labute approximate surface area is 125 Å². The zero-order chi connectivity index (χ0) is 15.1. The average Bonchev–Trinajstić information content (AvgIpc) is 3.16. The second-order valence-electron chi connectivity index (χ2n) is 6.14. The van der Waals surface area contributed by atoms with Gasteiger partial charge in [-0.2, -0.15) is 0 Å². The minimum absolute atomic E-state index is 0.226. The van der Waals surface area contributed by atoms with Crippen LogP contribution in [0.3, 0.4) is 0 Å². The zero-order valence-corrected chi connectivity index (χ0v) is 11.5. The highest BCUT2D eigenvalue weighted by Gasteiger charge is 2.72. The molecular formula is C16H13NO5. The molecule has 0 radical (unpaired) electrons. The fourth-order valence-electron chi connectivity index (χ4n) is 4.28. The molecule has 6 nitrogen and oxygen atoms in total. The summed E-state index contributed by atoms with van der Waals surface area (Å²) in [5.74, 6) is -2.80. The Morgan fingerprint density at radius 1 is 1.36 bits per heavy atom. The van der Waals surface area contributed by atoms with Crippen LogP contribution < -0.4 is 4.90 Å². The first-order valence-electron chi connectivity index (χ1n) is 7.26. The number of carboxylic acid groups (broad SMARTS) is 1. The number of ether oxygens (including phenoxy) is 2. The van der Waals surface area contributed by atoms with Gasteiger partial charge in [0.25, 0.3) is 0 Å². The summed E-state index contributed by atoms with van der Waals surface area (Å²) in [7, 11) is 0. The average molecular weight is 299 g/mol. The molecule has 4 aliphatic rings. The Kier molecular flexibility index (Phi) is 2.12. The van der Waals surface area contributed by atoms with Crippen molar-refractivity contribution in [2.45, 2.75) is 24.5 Å². The number of carboxylic acids is 1. The Hall–Kier alpha value is -2.18. The number of anilines is 1. The molecule has 4 heterocycles. The number of hydrogen-bond acceptors (Lipinski definition) is 4. The van der Waals surface area contributed by atoms with Crippen LogP contribution in [0, 0.1) is 11.8 Å². The van der Waals surface area contributed by atoms with Crippen molar-refractivity contribution >= 4 is 17.6 Å². The van der Waals surface area contributed by atoms with Crippen LogP contribution in [-0.2, 0) is 25.7 Å². The van der Waals surface area contributed by atoms with Crippen molar-refractivity contribution in [2.75, 3.05) is 4.90 Å². The fourth-order valence-corrected chi connectivity index (χ4v) is 4.28. The molecule has 5 atom stereocenters. The van der Waals surface area contributed by atoms with E-state index in [1.807, 2.05) is 30.3 Å². The number of amides is 1. The molecule has 0 aromatic heterocycles. The lowest BCUT2D eigenvalue weighted by Crippen LogP contribution is -2.49. The van der Waals surface area contributed by atoms with Crippen molar-refractivity contribution in [2.24, 2.45) is 11.8 Å². The molecule has 6 heteroatoms. The largest absolute Gasteiger partial charge is 0.481 e. The third-order valence-corrected chi connectivity index (χ3v) is 5.14. The lowest BCUT2D eigenvalue weighted by Gasteiger charge is -2.37. The highest BCUT2D eigenvalue weighted by molar-refractivity contribution is 6.03. The lowest BCUT2D eigenvalue weighted by atomic mass is 9.76. The van der Waals surface area contributed by atoms with Gasteiger partial charge in [-0.1, -0.05) is 24.3 Å². The molecule has 1 aromatic rings. The monoisotopic (exact) mass is 299 g/mol. The van der Waals surface area contributed by atoms with Crippen LogP contribution in [0.15, 0.2) is 36.4 Å². The van der Waals surface area contributed by atoms with Crippen LogP contribution in [0.1, 0.15) is 5.56 Å². The molecular weight excluding hydrogens is 286 g/mol. The summed E-state index contributed by atoms with van der Waals surface area (Å²) < 4.78 is 11.8. The molecule has 5 rings (SSSR count). The quantitative estimate of drug-likeness (QED) is 0.780. The number of nitrogens with zero attached hydrogens (tertiary/aromatic N) is 1. The van der Waals surface area contributed by atoms with Crippen molar-refractivity contribution in [3.05, 3.63) is 42.0 Å². The third kappa shape index (κ3) is 1.20. The van der Waals surface area contributed by atoms with Crippen LogP contribution in [0.2, 0.25) is 0 Å². The maximum absolute atomic E-state index is 13.0. The minimum Gasteiger partial charge on any atom is -0.481 e. The summed E-state index contributed by atoms with van der Waals surface area (Å²) >= 11 is 0. The van der Waals surface area contributed by atoms with E-state index < -0.39 is 35.7 Å². The first-order valence-corrected chi connectivity index (χ1v) is 7.26. The highest BCUT2D eigenvalue weighted by atomic mass is 16.6. The lowest BCUT2D eigenvalue weighted by molar-refractivity contribution is -0.146. The molecule has 1 N–H and O–H groups in total. The molecule has 1 amide bonds. The Bertz CT molecular complexity index is 744. The van der Waals surface area contributed by atoms with Crippen LogP contribution in [0.4, 0.5) is 5.69 Å². The fraction of sp³-hybridized carbons (Fsp3) is 0.375. The maximum Gasteiger partial charge on any atom is 0.310 e. The number of rotatable bonds is 1. The summed E-state index contributed by atoms with van der Waals surface area (Å²) in [6.45, 7) is 0.388. The topological polar surface area (TPSA) is 76.1 Å². The van der Waals surface area contributed by atoms with E-state index in [1.165, 1.54) is 0 Å². The summed E-state index contributed by atoms with van der Waals surface area (Å²) in [6, 6.07) is 7.53. The van der Waals surface area contributed by atoms with Gasteiger partial charge in [-0.25, -0.2) is 0 Å². The molecule has 4 aliphatic heterocycles. The van der Waals surface area contributed by atoms with Gasteiger partial charge in [-0.15, -0.1) is 0 Å². The normalized spacial score (nSPS) is 40.5. The second kappa shape index (κ2) is 3.77. The molecule has 1 aromatic carbocycles. The second-order valence-corrected chi connectivity index (χ2v) is 6.14. The van der Waals surface area contributed by atoms with Gasteiger partial charge < -0.3 is 14.6 Å². The van der Waals surface area contributed by atoms with Crippen LogP contribution in [0.25, 0.3) is 0 Å². The number of para-hydroxylation sites is 1. The van der Waals surface area contributed by atoms with Gasteiger partial charge in [0.1, 0.15) is 11.5 Å². The Balaban J connectivity index is 1.69. The van der Waals surface area contributed by atoms with Gasteiger partial charge in [-0.3, -0.25) is 14.5 Å². The van der Waals surface area contributed by atoms with E-state index in [4.69, 9.17) is 9.47 Å². The van der Waals surface area contributed by atoms with Crippen LogP contribution >= 0.6 is 0 Å². The molecule has 22 heavy (non-hydrogen) atoms. The number of hydrogen-bond donors (Lipinski definition) is 1. The maximum atomic E-state index is 13.0. The van der Waals surface area contributed by atoms with E-state index in [0.717, 1.165) is 11.3 Å². The van der Waals surface area contributed by atoms with E-state index in [-0.39, 0.29) is 5.91 Å². The molecule has 112 valence electrons. The van der Waals surface area contributed by atoms with Crippen molar-refractivity contribution in [3.8, 4) is 0 Å². The van der Waals surface area contributed by atoms with E-state index >= 15 is 0 Å². The molecule has 1 spiro atoms. The van der Waals surface area contributed by atoms with E-state index in [0.29, 0.717) is 6.61 Å². The number of benzene rings is 1. The smallest absolute Gasteiger partial charge is 0.310 e. The molecule has 2 fully saturated rings. The van der Waals surface area contributed by atoms with E-state index in [1.54, 1.807) is 11.0 Å². The highest BCUT2D eigenvalue weighted by Crippen LogP contribution is 2.57. The molecule has 2 bridgehead atoms. The number of carbonyl (C=O) groups excluding carboxylic acids is 1. The predicted octanol–water partition coefficient (Wildman–Crippen LogP) is 0.914. The van der Waals surface area contributed by atoms with Crippen LogP contribution in [0.5, 0.6) is 0 Å². The zero-order valence-electron chi connectivity index (χ0n) is 11.5. The predicted molar refractivity (Wildman–Crippen MR) is 73.9 cm³/mol. The van der Waals surface area contributed by atoms with E-state index in [9.17, 15) is 14.7 Å². The molecule has 2 saturated heterocycles. The van der Waals surface area contributed by atoms with Gasteiger partial charge >= 0.3 is 5.97 Å². The number of aliphatic carboxylic acids is 1. The van der Waals surface area contributed by atoms with Crippen molar-refractivity contribution in [1.82, 2.24) is 0 Å². The number of carbonyl (C=O) groups is 2. The molecule has 0 saturated carbocycles. The molecule has 0 aliphatic carbocycles. The standard InChI is InChI=1S/C16H13NO5/c18-13-12-11(14(19)20)10-5-6-16(12,22-10)15-17(13)9-4-2-1-3-8(9)7-21-15/h1-6,10-12,15H,7H2,(H,19,20)/t10-,11+,12+,15+,16+/m1/s1. The summed E-state index contributed by atoms with van der Waals surface area (Å²) in [4.78, 5) is 26.1.